The fraction of sp³-hybridized carbons (Fsp3) is 0.610. The molecule has 11 atom stereocenters. The minimum atomic E-state index is -1.43. The van der Waals surface area contributed by atoms with Crippen LogP contribution in [0.25, 0.3) is 21.8 Å². The molecule has 2 saturated heterocycles. The summed E-state index contributed by atoms with van der Waals surface area (Å²) in [4.78, 5) is 139. The first-order valence-corrected chi connectivity index (χ1v) is 37.1. The summed E-state index contributed by atoms with van der Waals surface area (Å²) >= 11 is 0. The fourth-order valence-electron chi connectivity index (χ4n) is 17.0. The van der Waals surface area contributed by atoms with Gasteiger partial charge >= 0.3 is 46.9 Å². The van der Waals surface area contributed by atoms with Gasteiger partial charge in [0.05, 0.1) is 116 Å². The predicted octanol–water partition coefficient (Wildman–Crippen LogP) is 9.61. The van der Waals surface area contributed by atoms with E-state index in [1.165, 1.54) is 4.90 Å². The Morgan fingerprint density at radius 2 is 1.04 bits per heavy atom. The molecule has 4 aromatic rings. The van der Waals surface area contributed by atoms with Gasteiger partial charge < -0.3 is 77.2 Å². The van der Waals surface area contributed by atoms with Crippen LogP contribution in [0, 0.1) is 55.8 Å². The van der Waals surface area contributed by atoms with Gasteiger partial charge in [-0.05, 0) is 176 Å². The van der Waals surface area contributed by atoms with Crippen LogP contribution in [0.3, 0.4) is 0 Å². The molecule has 4 fully saturated rings. The smallest absolute Gasteiger partial charge is 1.00 e. The van der Waals surface area contributed by atoms with Crippen molar-refractivity contribution in [3.8, 4) is 23.0 Å². The van der Waals surface area contributed by atoms with Crippen molar-refractivity contribution in [2.24, 2.45) is 34.5 Å². The Bertz CT molecular complexity index is 4090. The summed E-state index contributed by atoms with van der Waals surface area (Å²) in [6.07, 6.45) is 16.5. The normalized spacial score (nSPS) is 29.3. The van der Waals surface area contributed by atoms with Crippen LogP contribution in [-0.4, -0.2) is 176 Å². The first kappa shape index (κ1) is 84.6. The minimum Gasteiger partial charge on any atom is -1.00 e. The SMILES string of the molecule is CCOC(=O)[C@]12CC(=O)[C@@H]3C[C@@]4(CN3C(=O)[C@@H](CC(=O)OC(C)(C)C)CCCCC/C=C\[C@@H]1C2)CC(C)(O)c1c(c(C)nc2ccc(OC)cc12)O4.CCOC(=O)[C@]12CC(=O)[C@@H]3C[C@]4(CC(=O)c5c(c(C)nc6ccc(OC)cc56)O4)CN3C(=O)[C@@H](CC(=O)OC(C)(C)C)CCCCC/C=C\[C@@H]1C2.[Br-].[CH3-].[Mg+2]. The summed E-state index contributed by atoms with van der Waals surface area (Å²) in [5.41, 5.74) is -3.83. The number of halogens is 1. The third-order valence-electron chi connectivity index (χ3n) is 21.9. The van der Waals surface area contributed by atoms with E-state index in [9.17, 15) is 48.3 Å². The van der Waals surface area contributed by atoms with Crippen LogP contribution in [-0.2, 0) is 62.9 Å². The number of allylic oxidation sites excluding steroid dienone is 4. The van der Waals surface area contributed by atoms with E-state index >= 15 is 0 Å². The topological polar surface area (TPSA) is 280 Å². The van der Waals surface area contributed by atoms with Gasteiger partial charge in [-0.25, -0.2) is 9.97 Å². The molecule has 8 aliphatic rings. The second-order valence-electron chi connectivity index (χ2n) is 32.3. The number of hydrogen-bond acceptors (Lipinski definition) is 20. The average Bonchev–Trinajstić information content (AvgIpc) is 1.35. The number of aromatic nitrogens is 2. The molecule has 106 heavy (non-hydrogen) atoms. The monoisotopic (exact) mass is 1540 g/mol. The van der Waals surface area contributed by atoms with Crippen molar-refractivity contribution >= 4 is 97.9 Å². The van der Waals surface area contributed by atoms with Crippen molar-refractivity contribution in [1.82, 2.24) is 19.8 Å². The number of ether oxygens (including phenoxy) is 8. The van der Waals surface area contributed by atoms with E-state index in [-0.39, 0.29) is 166 Å². The van der Waals surface area contributed by atoms with Crippen molar-refractivity contribution in [1.29, 1.82) is 0 Å². The molecule has 24 heteroatoms. The maximum absolute atomic E-state index is 14.8. The molecule has 2 saturated carbocycles. The number of pyridine rings is 2. The zero-order valence-corrected chi connectivity index (χ0v) is 67.5. The zero-order chi connectivity index (χ0) is 74.4. The van der Waals surface area contributed by atoms with Crippen LogP contribution in [0.2, 0.25) is 0 Å². The standard InChI is InChI=1S/C41H54N2O9.C40H50N2O9.CH3.BrH.Mg/c1-8-50-37(47)41-20-27(41)15-13-11-9-10-12-14-26(18-33(45)51-38(3,4)5)36(46)43-24-40(21-31(43)32(44)22-41)23-39(6,48)34-29-19-28(49-7)16-17-30(29)42-25(2)35(34)52-40;1-7-49-37(47)40-19-26(40)14-12-10-8-9-11-13-25(17-33(45)50-38(3,4)5)36(46)42-23-39(20-30(42)31(43)22-40)21-32(44)34-28-18-27(48-6)15-16-29(28)41-24(2)35(34)51-39;;;/h13,15-17,19,26-27,31,48H,8-12,14,18,20-24H2,1-7H3;12,14-16,18,25-26,30H,7-11,13,17,19-23H2,1-6H3;1H3;1H;/q;;-1;;+2/p-1/b15-13-;14-12-;;;/t26-,27-,31+,39?,40+,41-;25-,26-,30+,39+,40-;;;/m11.../s1. The van der Waals surface area contributed by atoms with E-state index in [2.05, 4.69) is 12.2 Å². The number of Topliss-reactive ketones (excluding diaryl/α,β-unsaturated/α-hetero) is 3. The van der Waals surface area contributed by atoms with Crippen molar-refractivity contribution in [2.75, 3.05) is 40.5 Å². The molecule has 12 rings (SSSR count). The molecule has 1 unspecified atom stereocenters. The van der Waals surface area contributed by atoms with Gasteiger partial charge in [0.25, 0.3) is 0 Å². The first-order valence-electron chi connectivity index (χ1n) is 37.1. The summed E-state index contributed by atoms with van der Waals surface area (Å²) in [5.74, 6) is -2.93. The molecule has 22 nitrogen and oxygen atoms in total. The molecule has 572 valence electrons. The van der Waals surface area contributed by atoms with Gasteiger partial charge in [0.1, 0.15) is 39.7 Å². The van der Waals surface area contributed by atoms with Crippen molar-refractivity contribution in [2.45, 2.75) is 245 Å². The van der Waals surface area contributed by atoms with E-state index < -0.39 is 86.6 Å². The Morgan fingerprint density at radius 3 is 1.50 bits per heavy atom. The van der Waals surface area contributed by atoms with Crippen LogP contribution < -0.4 is 35.9 Å². The molecule has 0 radical (unpaired) electrons. The average molecular weight is 1540 g/mol. The van der Waals surface area contributed by atoms with Crippen LogP contribution in [0.4, 0.5) is 0 Å². The van der Waals surface area contributed by atoms with Crippen molar-refractivity contribution in [3.63, 3.8) is 0 Å². The number of benzene rings is 2. The molecule has 1 N–H and O–H groups in total. The number of hydrogen-bond donors (Lipinski definition) is 1. The number of ketones is 3. The van der Waals surface area contributed by atoms with Gasteiger partial charge in [-0.2, -0.15) is 0 Å². The summed E-state index contributed by atoms with van der Waals surface area (Å²) in [6.45, 7) is 19.9. The molecular formula is C82H107BrMgN4O18. The predicted molar refractivity (Wildman–Crippen MR) is 394 cm³/mol. The first-order chi connectivity index (χ1) is 48.7. The van der Waals surface area contributed by atoms with E-state index in [4.69, 9.17) is 47.9 Å². The molecule has 8 heterocycles. The van der Waals surface area contributed by atoms with Gasteiger partial charge in [0, 0.05) is 60.3 Å². The molecule has 2 aliphatic carbocycles. The second kappa shape index (κ2) is 33.4. The molecule has 2 aromatic heterocycles. The number of rotatable bonds is 10. The number of carbonyl (C=O) groups excluding carboxylic acids is 9. The number of nitrogens with zero attached hydrogens (tertiary/aromatic N) is 4. The molecular weight excluding hydrogens is 1430 g/mol. The van der Waals surface area contributed by atoms with Crippen LogP contribution in [0.1, 0.15) is 218 Å². The second-order valence-corrected chi connectivity index (χ2v) is 32.3. The van der Waals surface area contributed by atoms with Crippen LogP contribution in [0.5, 0.6) is 23.0 Å². The molecule has 2 spiro atoms. The van der Waals surface area contributed by atoms with Gasteiger partial charge in [-0.15, -0.1) is 0 Å². The Kier molecular flexibility index (Phi) is 26.7. The van der Waals surface area contributed by atoms with E-state index in [0.717, 1.165) is 44.9 Å². The number of esters is 4. The molecule has 2 amide bonds. The third-order valence-corrected chi connectivity index (χ3v) is 21.9. The number of carbonyl (C=O) groups is 9. The summed E-state index contributed by atoms with van der Waals surface area (Å²) in [7, 11) is 3.13. The minimum absolute atomic E-state index is 0. The van der Waals surface area contributed by atoms with Crippen molar-refractivity contribution < 1.29 is 103 Å². The van der Waals surface area contributed by atoms with Crippen LogP contribution >= 0.6 is 0 Å². The fourth-order valence-corrected chi connectivity index (χ4v) is 17.0. The Morgan fingerprint density at radius 1 is 0.604 bits per heavy atom. The summed E-state index contributed by atoms with van der Waals surface area (Å²) < 4.78 is 46.9. The van der Waals surface area contributed by atoms with Crippen LogP contribution in [0.15, 0.2) is 60.7 Å². The van der Waals surface area contributed by atoms with E-state index in [1.807, 2.05) is 37.3 Å². The molecule has 0 bridgehead atoms. The number of aryl methyl sites for hydroxylation is 2. The van der Waals surface area contributed by atoms with E-state index in [0.29, 0.717) is 99.4 Å². The summed E-state index contributed by atoms with van der Waals surface area (Å²) in [6, 6.07) is 8.93. The summed E-state index contributed by atoms with van der Waals surface area (Å²) in [5, 5.41) is 13.6. The molecule has 6 aliphatic heterocycles. The quantitative estimate of drug-likeness (QED) is 0.0508. The Labute approximate surface area is 650 Å². The number of methoxy groups -OCH3 is 2. The zero-order valence-electron chi connectivity index (χ0n) is 64.5. The number of amides is 2. The van der Waals surface area contributed by atoms with Gasteiger partial charge in [0.2, 0.25) is 11.8 Å². The Balaban J connectivity index is 0.000000260. The van der Waals surface area contributed by atoms with Gasteiger partial charge in [-0.1, -0.05) is 50.0 Å². The molecule has 2 aromatic carbocycles. The number of aliphatic hydroxyl groups is 1. The van der Waals surface area contributed by atoms with Crippen molar-refractivity contribution in [3.05, 3.63) is 90.6 Å². The maximum atomic E-state index is 14.8. The van der Waals surface area contributed by atoms with Gasteiger partial charge in [0.15, 0.2) is 23.1 Å². The van der Waals surface area contributed by atoms with E-state index in [1.54, 1.807) is 107 Å². The Hall–Kier alpha value is -7.02. The third kappa shape index (κ3) is 18.1. The van der Waals surface area contributed by atoms with Gasteiger partial charge in [-0.3, -0.25) is 43.2 Å². The largest absolute Gasteiger partial charge is 2.00 e. The number of fused-ring (bicyclic) bond motifs is 10. The maximum Gasteiger partial charge on any atom is 2.00 e.